The lowest BCUT2D eigenvalue weighted by atomic mass is 10.2. The summed E-state index contributed by atoms with van der Waals surface area (Å²) in [6.07, 6.45) is 1.78. The van der Waals surface area contributed by atoms with E-state index in [1.165, 1.54) is 6.26 Å². The van der Waals surface area contributed by atoms with E-state index in [0.717, 1.165) is 12.1 Å². The van der Waals surface area contributed by atoms with Crippen molar-refractivity contribution in [3.8, 4) is 11.5 Å². The molecular weight excluding hydrogens is 457 g/mol. The number of nitrogens with zero attached hydrogens (tertiary/aromatic N) is 1. The van der Waals surface area contributed by atoms with Gasteiger partial charge in [-0.3, -0.25) is 0 Å². The van der Waals surface area contributed by atoms with Crippen molar-refractivity contribution in [3.05, 3.63) is 23.8 Å². The first kappa shape index (κ1) is 23.8. The molecule has 0 amide bonds. The molecular formula is C16H28IN3O4S. The summed E-state index contributed by atoms with van der Waals surface area (Å²) in [5, 5.41) is 6.27. The Kier molecular flexibility index (Phi) is 11.6. The quantitative estimate of drug-likeness (QED) is 0.240. The summed E-state index contributed by atoms with van der Waals surface area (Å²) in [7, 11) is 0.262. The van der Waals surface area contributed by atoms with E-state index in [9.17, 15) is 8.42 Å². The molecule has 0 unspecified atom stereocenters. The molecule has 0 aromatic heterocycles. The Morgan fingerprint density at radius 3 is 2.40 bits per heavy atom. The van der Waals surface area contributed by atoms with Crippen molar-refractivity contribution in [3.63, 3.8) is 0 Å². The zero-order valence-electron chi connectivity index (χ0n) is 15.2. The van der Waals surface area contributed by atoms with Gasteiger partial charge in [-0.25, -0.2) is 13.4 Å². The number of halogens is 1. The fourth-order valence-electron chi connectivity index (χ4n) is 2.03. The molecule has 0 bridgehead atoms. The summed E-state index contributed by atoms with van der Waals surface area (Å²) < 4.78 is 32.8. The van der Waals surface area contributed by atoms with Gasteiger partial charge in [0, 0.05) is 19.3 Å². The SMILES string of the molecule is CCNC(=NCc1ccc(OC)c(OC)c1)NCCCS(C)(=O)=O.I. The molecule has 7 nitrogen and oxygen atoms in total. The van der Waals surface area contributed by atoms with Crippen LogP contribution in [0.15, 0.2) is 23.2 Å². The van der Waals surface area contributed by atoms with Gasteiger partial charge >= 0.3 is 0 Å². The Morgan fingerprint density at radius 2 is 1.84 bits per heavy atom. The second-order valence-electron chi connectivity index (χ2n) is 5.29. The molecule has 0 atom stereocenters. The fraction of sp³-hybridized carbons (Fsp3) is 0.562. The number of sulfone groups is 1. The zero-order valence-corrected chi connectivity index (χ0v) is 18.3. The first-order valence-electron chi connectivity index (χ1n) is 7.80. The van der Waals surface area contributed by atoms with E-state index in [2.05, 4.69) is 15.6 Å². The Balaban J connectivity index is 0.00000576. The van der Waals surface area contributed by atoms with E-state index < -0.39 is 9.84 Å². The highest BCUT2D eigenvalue weighted by Crippen LogP contribution is 2.27. The zero-order chi connectivity index (χ0) is 18.0. The molecule has 2 N–H and O–H groups in total. The van der Waals surface area contributed by atoms with Crippen LogP contribution in [0.4, 0.5) is 0 Å². The predicted molar refractivity (Wildman–Crippen MR) is 112 cm³/mol. The summed E-state index contributed by atoms with van der Waals surface area (Å²) in [5.74, 6) is 2.16. The number of benzene rings is 1. The molecule has 0 saturated carbocycles. The van der Waals surface area contributed by atoms with Crippen LogP contribution in [0.5, 0.6) is 11.5 Å². The van der Waals surface area contributed by atoms with Crippen LogP contribution in [0.3, 0.4) is 0 Å². The second kappa shape index (κ2) is 12.2. The maximum absolute atomic E-state index is 11.1. The molecule has 0 spiro atoms. The highest BCUT2D eigenvalue weighted by molar-refractivity contribution is 14.0. The van der Waals surface area contributed by atoms with E-state index >= 15 is 0 Å². The Labute approximate surface area is 167 Å². The third kappa shape index (κ3) is 9.73. The average molecular weight is 485 g/mol. The summed E-state index contributed by atoms with van der Waals surface area (Å²) in [5.41, 5.74) is 0.987. The number of hydrogen-bond acceptors (Lipinski definition) is 5. The highest BCUT2D eigenvalue weighted by atomic mass is 127. The van der Waals surface area contributed by atoms with Crippen molar-refractivity contribution in [2.75, 3.05) is 39.3 Å². The first-order valence-corrected chi connectivity index (χ1v) is 9.86. The maximum Gasteiger partial charge on any atom is 0.191 e. The number of methoxy groups -OCH3 is 2. The Morgan fingerprint density at radius 1 is 1.16 bits per heavy atom. The van der Waals surface area contributed by atoms with Gasteiger partial charge in [0.1, 0.15) is 9.84 Å². The molecule has 25 heavy (non-hydrogen) atoms. The van der Waals surface area contributed by atoms with Gasteiger partial charge in [0.2, 0.25) is 0 Å². The molecule has 0 heterocycles. The van der Waals surface area contributed by atoms with Gasteiger partial charge < -0.3 is 20.1 Å². The minimum atomic E-state index is -2.93. The van der Waals surface area contributed by atoms with Crippen LogP contribution in [-0.4, -0.2) is 53.7 Å². The summed E-state index contributed by atoms with van der Waals surface area (Å²) in [4.78, 5) is 4.50. The van der Waals surface area contributed by atoms with Crippen LogP contribution in [-0.2, 0) is 16.4 Å². The van der Waals surface area contributed by atoms with Crippen LogP contribution in [0.25, 0.3) is 0 Å². The topological polar surface area (TPSA) is 89.0 Å². The van der Waals surface area contributed by atoms with E-state index in [-0.39, 0.29) is 29.7 Å². The van der Waals surface area contributed by atoms with Gasteiger partial charge in [-0.05, 0) is 31.0 Å². The number of nitrogens with one attached hydrogen (secondary N) is 2. The average Bonchev–Trinajstić information content (AvgIpc) is 2.55. The summed E-state index contributed by atoms with van der Waals surface area (Å²) in [6.45, 7) is 3.72. The standard InChI is InChI=1S/C16H27N3O4S.HI/c1-5-17-16(18-9-6-10-24(4,20)21)19-12-13-7-8-14(22-2)15(11-13)23-3;/h7-8,11H,5-6,9-10,12H2,1-4H3,(H2,17,18,19);1H. The molecule has 0 aliphatic carbocycles. The highest BCUT2D eigenvalue weighted by Gasteiger charge is 2.05. The molecule has 1 aromatic carbocycles. The lowest BCUT2D eigenvalue weighted by Crippen LogP contribution is -2.38. The van der Waals surface area contributed by atoms with Crippen molar-refractivity contribution in [1.29, 1.82) is 0 Å². The smallest absolute Gasteiger partial charge is 0.191 e. The third-order valence-corrected chi connectivity index (χ3v) is 4.23. The molecule has 1 aromatic rings. The lowest BCUT2D eigenvalue weighted by molar-refractivity contribution is 0.354. The molecule has 0 aliphatic rings. The van der Waals surface area contributed by atoms with Gasteiger partial charge in [0.05, 0.1) is 26.5 Å². The lowest BCUT2D eigenvalue weighted by Gasteiger charge is -2.12. The van der Waals surface area contributed by atoms with Crippen LogP contribution in [0, 0.1) is 0 Å². The van der Waals surface area contributed by atoms with E-state index in [0.29, 0.717) is 37.0 Å². The molecule has 0 fully saturated rings. The Bertz CT molecular complexity index is 651. The number of aliphatic imine (C=N–C) groups is 1. The molecule has 0 saturated heterocycles. The van der Waals surface area contributed by atoms with E-state index in [4.69, 9.17) is 9.47 Å². The molecule has 144 valence electrons. The largest absolute Gasteiger partial charge is 0.493 e. The van der Waals surface area contributed by atoms with Crippen molar-refractivity contribution in [1.82, 2.24) is 10.6 Å². The number of guanidine groups is 1. The number of ether oxygens (including phenoxy) is 2. The van der Waals surface area contributed by atoms with Crippen LogP contribution in [0.1, 0.15) is 18.9 Å². The van der Waals surface area contributed by atoms with Crippen molar-refractivity contribution in [2.45, 2.75) is 19.9 Å². The molecule has 1 rings (SSSR count). The van der Waals surface area contributed by atoms with Crippen LogP contribution in [0.2, 0.25) is 0 Å². The third-order valence-electron chi connectivity index (χ3n) is 3.20. The molecule has 9 heteroatoms. The van der Waals surface area contributed by atoms with Gasteiger partial charge in [-0.15, -0.1) is 24.0 Å². The Hall–Kier alpha value is -1.23. The van der Waals surface area contributed by atoms with Crippen molar-refractivity contribution in [2.24, 2.45) is 4.99 Å². The summed E-state index contributed by atoms with van der Waals surface area (Å²) in [6, 6.07) is 5.66. The van der Waals surface area contributed by atoms with Gasteiger partial charge in [0.25, 0.3) is 0 Å². The minimum Gasteiger partial charge on any atom is -0.493 e. The first-order chi connectivity index (χ1) is 11.4. The number of rotatable bonds is 9. The van der Waals surface area contributed by atoms with E-state index in [1.54, 1.807) is 14.2 Å². The number of hydrogen-bond donors (Lipinski definition) is 2. The molecule has 0 aliphatic heterocycles. The van der Waals surface area contributed by atoms with Gasteiger partial charge in [-0.1, -0.05) is 6.07 Å². The van der Waals surface area contributed by atoms with Gasteiger partial charge in [0.15, 0.2) is 17.5 Å². The summed E-state index contributed by atoms with van der Waals surface area (Å²) >= 11 is 0. The molecule has 0 radical (unpaired) electrons. The maximum atomic E-state index is 11.1. The minimum absolute atomic E-state index is 0. The predicted octanol–water partition coefficient (Wildman–Crippen LogP) is 1.81. The second-order valence-corrected chi connectivity index (χ2v) is 7.55. The monoisotopic (exact) mass is 485 g/mol. The van der Waals surface area contributed by atoms with Crippen molar-refractivity contribution >= 4 is 39.8 Å². The van der Waals surface area contributed by atoms with Crippen molar-refractivity contribution < 1.29 is 17.9 Å². The van der Waals surface area contributed by atoms with Gasteiger partial charge in [-0.2, -0.15) is 0 Å². The van der Waals surface area contributed by atoms with Crippen LogP contribution < -0.4 is 20.1 Å². The normalized spacial score (nSPS) is 11.4. The fourth-order valence-corrected chi connectivity index (χ4v) is 2.70. The van der Waals surface area contributed by atoms with E-state index in [1.807, 2.05) is 25.1 Å². The van der Waals surface area contributed by atoms with Crippen LogP contribution >= 0.6 is 24.0 Å².